The fourth-order valence-electron chi connectivity index (χ4n) is 3.47. The van der Waals surface area contributed by atoms with E-state index in [2.05, 4.69) is 44.7 Å². The maximum absolute atomic E-state index is 4.55. The highest BCUT2D eigenvalue weighted by Gasteiger charge is 2.22. The van der Waals surface area contributed by atoms with Crippen LogP contribution < -0.4 is 0 Å². The predicted molar refractivity (Wildman–Crippen MR) is 87.5 cm³/mol. The van der Waals surface area contributed by atoms with Gasteiger partial charge in [-0.1, -0.05) is 6.92 Å². The Labute approximate surface area is 132 Å². The molecule has 1 fully saturated rings. The van der Waals surface area contributed by atoms with Gasteiger partial charge in [0.25, 0.3) is 0 Å². The lowest BCUT2D eigenvalue weighted by Crippen LogP contribution is -2.36. The van der Waals surface area contributed by atoms with E-state index in [1.54, 1.807) is 0 Å². The average molecular weight is 301 g/mol. The second-order valence-electron chi connectivity index (χ2n) is 6.52. The van der Waals surface area contributed by atoms with E-state index >= 15 is 0 Å². The summed E-state index contributed by atoms with van der Waals surface area (Å²) in [5.74, 6) is 1.93. The molecule has 1 aliphatic rings. The van der Waals surface area contributed by atoms with Crippen LogP contribution in [0, 0.1) is 12.8 Å². The molecule has 0 aliphatic carbocycles. The number of rotatable bonds is 6. The van der Waals surface area contributed by atoms with Crippen LogP contribution in [-0.2, 0) is 19.5 Å². The third-order valence-corrected chi connectivity index (χ3v) is 4.66. The van der Waals surface area contributed by atoms with E-state index < -0.39 is 0 Å². The largest absolute Gasteiger partial charge is 0.334 e. The average Bonchev–Trinajstić information content (AvgIpc) is 3.10. The van der Waals surface area contributed by atoms with Crippen LogP contribution in [0.25, 0.3) is 0 Å². The van der Waals surface area contributed by atoms with Crippen molar-refractivity contribution in [3.8, 4) is 0 Å². The molecular formula is C17H27N5. The number of aromatic nitrogens is 4. The molecule has 0 bridgehead atoms. The Morgan fingerprint density at radius 3 is 3.09 bits per heavy atom. The number of nitrogens with one attached hydrogen (secondary N) is 1. The minimum absolute atomic E-state index is 0.725. The molecule has 1 saturated heterocycles. The number of aromatic amines is 1. The van der Waals surface area contributed by atoms with Crippen LogP contribution in [0.5, 0.6) is 0 Å². The van der Waals surface area contributed by atoms with Gasteiger partial charge in [0.05, 0.1) is 12.7 Å². The molecule has 0 aromatic carbocycles. The van der Waals surface area contributed by atoms with E-state index in [-0.39, 0.29) is 0 Å². The summed E-state index contributed by atoms with van der Waals surface area (Å²) in [6.45, 7) is 8.76. The molecular weight excluding hydrogens is 274 g/mol. The highest BCUT2D eigenvalue weighted by molar-refractivity contribution is 5.14. The van der Waals surface area contributed by atoms with Crippen molar-refractivity contribution in [2.75, 3.05) is 13.1 Å². The summed E-state index contributed by atoms with van der Waals surface area (Å²) in [6, 6.07) is 0. The number of H-pyrrole nitrogens is 1. The molecule has 3 heterocycles. The zero-order valence-corrected chi connectivity index (χ0v) is 13.8. The molecule has 0 amide bonds. The lowest BCUT2D eigenvalue weighted by molar-refractivity contribution is 0.161. The molecule has 5 heteroatoms. The molecule has 0 saturated carbocycles. The Hall–Kier alpha value is -1.62. The van der Waals surface area contributed by atoms with Gasteiger partial charge in [0.2, 0.25) is 0 Å². The van der Waals surface area contributed by atoms with Gasteiger partial charge in [-0.15, -0.1) is 0 Å². The van der Waals surface area contributed by atoms with Crippen molar-refractivity contribution in [2.45, 2.75) is 52.6 Å². The number of aryl methyl sites for hydroxylation is 2. The Balaban J connectivity index is 1.58. The van der Waals surface area contributed by atoms with E-state index in [0.29, 0.717) is 0 Å². The lowest BCUT2D eigenvalue weighted by Gasteiger charge is -2.32. The van der Waals surface area contributed by atoms with Gasteiger partial charge in [-0.3, -0.25) is 10.00 Å². The molecule has 2 aromatic heterocycles. The standard InChI is InChI=1S/C17H27N5/c1-3-7-22-9-6-18-17(22)13-21-8-4-5-15(12-21)10-16-14(2)11-19-20-16/h6,9,11,15H,3-5,7-8,10,12-13H2,1-2H3,(H,19,20)/t15-/m1/s1. The molecule has 3 rings (SSSR count). The van der Waals surface area contributed by atoms with Crippen LogP contribution in [0.1, 0.15) is 43.3 Å². The molecule has 22 heavy (non-hydrogen) atoms. The van der Waals surface area contributed by atoms with Gasteiger partial charge in [-0.25, -0.2) is 4.98 Å². The van der Waals surface area contributed by atoms with Crippen molar-refractivity contribution in [1.29, 1.82) is 0 Å². The molecule has 0 spiro atoms. The first-order chi connectivity index (χ1) is 10.8. The van der Waals surface area contributed by atoms with E-state index in [4.69, 9.17) is 0 Å². The minimum Gasteiger partial charge on any atom is -0.334 e. The number of hydrogen-bond acceptors (Lipinski definition) is 3. The normalized spacial score (nSPS) is 19.6. The second-order valence-corrected chi connectivity index (χ2v) is 6.52. The topological polar surface area (TPSA) is 49.7 Å². The van der Waals surface area contributed by atoms with Gasteiger partial charge in [0, 0.05) is 31.2 Å². The molecule has 2 aromatic rings. The van der Waals surface area contributed by atoms with Crippen molar-refractivity contribution in [1.82, 2.24) is 24.6 Å². The van der Waals surface area contributed by atoms with Gasteiger partial charge in [0.1, 0.15) is 5.82 Å². The summed E-state index contributed by atoms with van der Waals surface area (Å²) in [6.07, 6.45) is 10.8. The minimum atomic E-state index is 0.725. The first kappa shape index (κ1) is 15.3. The third kappa shape index (κ3) is 3.58. The summed E-state index contributed by atoms with van der Waals surface area (Å²) in [7, 11) is 0. The van der Waals surface area contributed by atoms with Gasteiger partial charge in [-0.2, -0.15) is 5.10 Å². The smallest absolute Gasteiger partial charge is 0.122 e. The highest BCUT2D eigenvalue weighted by atomic mass is 15.2. The number of piperidine rings is 1. The lowest BCUT2D eigenvalue weighted by atomic mass is 9.92. The highest BCUT2D eigenvalue weighted by Crippen LogP contribution is 2.22. The van der Waals surface area contributed by atoms with Crippen molar-refractivity contribution in [3.63, 3.8) is 0 Å². The fraction of sp³-hybridized carbons (Fsp3) is 0.647. The molecule has 5 nitrogen and oxygen atoms in total. The summed E-state index contributed by atoms with van der Waals surface area (Å²) < 4.78 is 2.29. The van der Waals surface area contributed by atoms with E-state index in [1.807, 2.05) is 12.4 Å². The molecule has 1 atom stereocenters. The van der Waals surface area contributed by atoms with E-state index in [9.17, 15) is 0 Å². The summed E-state index contributed by atoms with van der Waals surface area (Å²) >= 11 is 0. The van der Waals surface area contributed by atoms with Crippen molar-refractivity contribution in [2.24, 2.45) is 5.92 Å². The zero-order chi connectivity index (χ0) is 15.4. The van der Waals surface area contributed by atoms with Crippen LogP contribution in [0.4, 0.5) is 0 Å². The summed E-state index contributed by atoms with van der Waals surface area (Å²) in [4.78, 5) is 7.11. The zero-order valence-electron chi connectivity index (χ0n) is 13.8. The number of hydrogen-bond donors (Lipinski definition) is 1. The Morgan fingerprint density at radius 2 is 2.32 bits per heavy atom. The van der Waals surface area contributed by atoms with Crippen LogP contribution in [-0.4, -0.2) is 37.7 Å². The molecule has 1 N–H and O–H groups in total. The number of likely N-dealkylation sites (tertiary alicyclic amines) is 1. The van der Waals surface area contributed by atoms with Crippen LogP contribution in [0.2, 0.25) is 0 Å². The Bertz CT molecular complexity index is 585. The number of imidazole rings is 1. The monoisotopic (exact) mass is 301 g/mol. The molecule has 1 aliphatic heterocycles. The third-order valence-electron chi connectivity index (χ3n) is 4.66. The Kier molecular flexibility index (Phi) is 4.93. The van der Waals surface area contributed by atoms with Gasteiger partial charge in [-0.05, 0) is 50.6 Å². The van der Waals surface area contributed by atoms with Crippen molar-refractivity contribution < 1.29 is 0 Å². The first-order valence-corrected chi connectivity index (χ1v) is 8.47. The second kappa shape index (κ2) is 7.09. The fourth-order valence-corrected chi connectivity index (χ4v) is 3.47. The SMILES string of the molecule is CCCn1ccnc1CN1CCC[C@H](Cc2[nH]ncc2C)C1. The summed E-state index contributed by atoms with van der Waals surface area (Å²) in [5.41, 5.74) is 2.59. The first-order valence-electron chi connectivity index (χ1n) is 8.47. The van der Waals surface area contributed by atoms with Gasteiger partial charge >= 0.3 is 0 Å². The van der Waals surface area contributed by atoms with Gasteiger partial charge in [0.15, 0.2) is 0 Å². The maximum atomic E-state index is 4.55. The van der Waals surface area contributed by atoms with Crippen molar-refractivity contribution in [3.05, 3.63) is 35.7 Å². The molecule has 0 radical (unpaired) electrons. The van der Waals surface area contributed by atoms with Crippen LogP contribution >= 0.6 is 0 Å². The van der Waals surface area contributed by atoms with E-state index in [0.717, 1.165) is 38.4 Å². The summed E-state index contributed by atoms with van der Waals surface area (Å²) in [5, 5.41) is 7.30. The van der Waals surface area contributed by atoms with Crippen molar-refractivity contribution >= 4 is 0 Å². The van der Waals surface area contributed by atoms with Crippen LogP contribution in [0.3, 0.4) is 0 Å². The Morgan fingerprint density at radius 1 is 1.41 bits per heavy atom. The quantitative estimate of drug-likeness (QED) is 0.892. The predicted octanol–water partition coefficient (Wildman–Crippen LogP) is 2.78. The molecule has 0 unspecified atom stereocenters. The van der Waals surface area contributed by atoms with E-state index in [1.165, 1.54) is 36.5 Å². The van der Waals surface area contributed by atoms with Gasteiger partial charge < -0.3 is 4.57 Å². The number of nitrogens with zero attached hydrogens (tertiary/aromatic N) is 4. The molecule has 120 valence electrons. The maximum Gasteiger partial charge on any atom is 0.122 e. The van der Waals surface area contributed by atoms with Crippen LogP contribution in [0.15, 0.2) is 18.6 Å².